The summed E-state index contributed by atoms with van der Waals surface area (Å²) in [5.41, 5.74) is 0.676. The number of rotatable bonds is 6. The van der Waals surface area contributed by atoms with Crippen LogP contribution in [0.4, 0.5) is 0 Å². The van der Waals surface area contributed by atoms with Crippen LogP contribution in [0.25, 0.3) is 0 Å². The molecule has 1 amide bonds. The van der Waals surface area contributed by atoms with Crippen molar-refractivity contribution in [1.29, 1.82) is 0 Å². The zero-order valence-electron chi connectivity index (χ0n) is 9.94. The number of aliphatic hydroxyl groups is 1. The van der Waals surface area contributed by atoms with Crippen molar-refractivity contribution < 1.29 is 9.90 Å². The Labute approximate surface area is 96.3 Å². The summed E-state index contributed by atoms with van der Waals surface area (Å²) in [5, 5.41) is 11.7. The molecule has 0 fully saturated rings. The molecule has 0 aromatic carbocycles. The van der Waals surface area contributed by atoms with Gasteiger partial charge in [0, 0.05) is 26.4 Å². The molecule has 1 aromatic heterocycles. The van der Waals surface area contributed by atoms with Crippen LogP contribution in [0.2, 0.25) is 0 Å². The first-order chi connectivity index (χ1) is 7.65. The van der Waals surface area contributed by atoms with Crippen LogP contribution in [0.5, 0.6) is 0 Å². The van der Waals surface area contributed by atoms with Crippen LogP contribution in [-0.2, 0) is 7.05 Å². The minimum atomic E-state index is -0.0378. The second-order valence-electron chi connectivity index (χ2n) is 4.19. The topological polar surface area (TPSA) is 54.3 Å². The molecule has 1 unspecified atom stereocenters. The van der Waals surface area contributed by atoms with Gasteiger partial charge < -0.3 is 15.0 Å². The highest BCUT2D eigenvalue weighted by Crippen LogP contribution is 2.03. The fourth-order valence-corrected chi connectivity index (χ4v) is 1.53. The summed E-state index contributed by atoms with van der Waals surface area (Å²) in [6.45, 7) is 2.87. The molecule has 0 aliphatic rings. The zero-order chi connectivity index (χ0) is 12.0. The van der Waals surface area contributed by atoms with Gasteiger partial charge in [0.2, 0.25) is 0 Å². The number of amides is 1. The summed E-state index contributed by atoms with van der Waals surface area (Å²) in [4.78, 5) is 11.7. The van der Waals surface area contributed by atoms with Crippen LogP contribution in [0, 0.1) is 5.92 Å². The van der Waals surface area contributed by atoms with Crippen molar-refractivity contribution in [3.8, 4) is 0 Å². The van der Waals surface area contributed by atoms with Crippen molar-refractivity contribution in [2.75, 3.05) is 13.2 Å². The normalized spacial score (nSPS) is 12.4. The highest BCUT2D eigenvalue weighted by atomic mass is 16.3. The number of aliphatic hydroxyl groups excluding tert-OH is 1. The van der Waals surface area contributed by atoms with Crippen LogP contribution in [0.3, 0.4) is 0 Å². The fourth-order valence-electron chi connectivity index (χ4n) is 1.53. The van der Waals surface area contributed by atoms with Crippen molar-refractivity contribution in [3.63, 3.8) is 0 Å². The predicted molar refractivity (Wildman–Crippen MR) is 63.2 cm³/mol. The Balaban J connectivity index is 2.24. The Hall–Kier alpha value is -1.29. The third-order valence-electron chi connectivity index (χ3n) is 2.65. The molecule has 0 radical (unpaired) electrons. The van der Waals surface area contributed by atoms with Crippen molar-refractivity contribution in [2.45, 2.75) is 19.8 Å². The molecule has 1 heterocycles. The number of hydrogen-bond donors (Lipinski definition) is 2. The molecule has 0 aliphatic carbocycles. The Morgan fingerprint density at radius 2 is 2.38 bits per heavy atom. The summed E-state index contributed by atoms with van der Waals surface area (Å²) in [6.07, 6.45) is 3.69. The fraction of sp³-hybridized carbons (Fsp3) is 0.583. The maximum absolute atomic E-state index is 11.7. The van der Waals surface area contributed by atoms with Gasteiger partial charge in [-0.05, 0) is 30.9 Å². The molecule has 0 saturated carbocycles. The molecule has 4 heteroatoms. The minimum Gasteiger partial charge on any atom is -0.396 e. The van der Waals surface area contributed by atoms with Crippen molar-refractivity contribution in [2.24, 2.45) is 13.0 Å². The van der Waals surface area contributed by atoms with Gasteiger partial charge in [-0.15, -0.1) is 0 Å². The monoisotopic (exact) mass is 224 g/mol. The lowest BCUT2D eigenvalue weighted by Crippen LogP contribution is -2.26. The number of aromatic nitrogens is 1. The van der Waals surface area contributed by atoms with E-state index >= 15 is 0 Å². The van der Waals surface area contributed by atoms with E-state index in [1.54, 1.807) is 10.6 Å². The molecule has 0 bridgehead atoms. The first-order valence-electron chi connectivity index (χ1n) is 5.65. The highest BCUT2D eigenvalue weighted by molar-refractivity contribution is 5.92. The first kappa shape index (κ1) is 12.8. The van der Waals surface area contributed by atoms with E-state index in [1.165, 1.54) is 0 Å². The van der Waals surface area contributed by atoms with Crippen molar-refractivity contribution >= 4 is 5.91 Å². The molecular weight excluding hydrogens is 204 g/mol. The molecule has 0 spiro atoms. The van der Waals surface area contributed by atoms with E-state index < -0.39 is 0 Å². The summed E-state index contributed by atoms with van der Waals surface area (Å²) in [7, 11) is 1.85. The molecule has 4 nitrogen and oxygen atoms in total. The van der Waals surface area contributed by atoms with Gasteiger partial charge in [0.25, 0.3) is 5.91 Å². The third kappa shape index (κ3) is 3.70. The Kier molecular flexibility index (Phi) is 5.05. The Morgan fingerprint density at radius 1 is 1.62 bits per heavy atom. The summed E-state index contributed by atoms with van der Waals surface area (Å²) >= 11 is 0. The van der Waals surface area contributed by atoms with E-state index in [2.05, 4.69) is 5.32 Å². The second-order valence-corrected chi connectivity index (χ2v) is 4.19. The summed E-state index contributed by atoms with van der Waals surface area (Å²) in [6, 6.07) is 3.65. The number of aryl methyl sites for hydroxylation is 1. The molecule has 1 aromatic rings. The smallest absolute Gasteiger partial charge is 0.267 e. The highest BCUT2D eigenvalue weighted by Gasteiger charge is 2.07. The SMILES string of the molecule is CC(CO)CCCNC(=O)c1cccn1C. The van der Waals surface area contributed by atoms with Crippen molar-refractivity contribution in [3.05, 3.63) is 24.0 Å². The Bertz CT molecular complexity index is 334. The quantitative estimate of drug-likeness (QED) is 0.712. The summed E-state index contributed by atoms with van der Waals surface area (Å²) < 4.78 is 1.80. The van der Waals surface area contributed by atoms with Gasteiger partial charge >= 0.3 is 0 Å². The standard InChI is InChI=1S/C12H20N2O2/c1-10(9-15)5-3-7-13-12(16)11-6-4-8-14(11)2/h4,6,8,10,15H,3,5,7,9H2,1-2H3,(H,13,16). The molecule has 90 valence electrons. The second kappa shape index (κ2) is 6.33. The molecular formula is C12H20N2O2. The predicted octanol–water partition coefficient (Wildman–Crippen LogP) is 1.16. The van der Waals surface area contributed by atoms with E-state index in [9.17, 15) is 4.79 Å². The molecule has 0 saturated heterocycles. The van der Waals surface area contributed by atoms with Crippen LogP contribution < -0.4 is 5.32 Å². The van der Waals surface area contributed by atoms with Crippen molar-refractivity contribution in [1.82, 2.24) is 9.88 Å². The van der Waals surface area contributed by atoms with Crippen LogP contribution in [0.1, 0.15) is 30.3 Å². The molecule has 0 aliphatic heterocycles. The Morgan fingerprint density at radius 3 is 2.94 bits per heavy atom. The van der Waals surface area contributed by atoms with Gasteiger partial charge in [0.05, 0.1) is 0 Å². The van der Waals surface area contributed by atoms with E-state index in [1.807, 2.05) is 26.2 Å². The number of hydrogen-bond acceptors (Lipinski definition) is 2. The first-order valence-corrected chi connectivity index (χ1v) is 5.65. The average molecular weight is 224 g/mol. The van der Waals surface area contributed by atoms with Gasteiger partial charge in [-0.25, -0.2) is 0 Å². The third-order valence-corrected chi connectivity index (χ3v) is 2.65. The van der Waals surface area contributed by atoms with Gasteiger partial charge in [-0.1, -0.05) is 6.92 Å². The van der Waals surface area contributed by atoms with Gasteiger partial charge in [-0.2, -0.15) is 0 Å². The summed E-state index contributed by atoms with van der Waals surface area (Å²) in [5.74, 6) is 0.274. The number of nitrogens with zero attached hydrogens (tertiary/aromatic N) is 1. The van der Waals surface area contributed by atoms with E-state index in [-0.39, 0.29) is 12.5 Å². The number of carbonyl (C=O) groups excluding carboxylic acids is 1. The lowest BCUT2D eigenvalue weighted by Gasteiger charge is -2.08. The van der Waals surface area contributed by atoms with Gasteiger partial charge in [0.1, 0.15) is 5.69 Å². The van der Waals surface area contributed by atoms with Crippen LogP contribution in [0.15, 0.2) is 18.3 Å². The van der Waals surface area contributed by atoms with E-state index in [0.717, 1.165) is 12.8 Å². The molecule has 1 atom stereocenters. The maximum Gasteiger partial charge on any atom is 0.267 e. The van der Waals surface area contributed by atoms with Crippen LogP contribution in [-0.4, -0.2) is 28.7 Å². The molecule has 2 N–H and O–H groups in total. The average Bonchev–Trinajstić information content (AvgIpc) is 2.70. The number of nitrogens with one attached hydrogen (secondary N) is 1. The van der Waals surface area contributed by atoms with Gasteiger partial charge in [0.15, 0.2) is 0 Å². The zero-order valence-corrected chi connectivity index (χ0v) is 9.94. The maximum atomic E-state index is 11.7. The van der Waals surface area contributed by atoms with Crippen LogP contribution >= 0.6 is 0 Å². The van der Waals surface area contributed by atoms with E-state index in [4.69, 9.17) is 5.11 Å². The number of carbonyl (C=O) groups is 1. The molecule has 1 rings (SSSR count). The minimum absolute atomic E-state index is 0.0378. The largest absolute Gasteiger partial charge is 0.396 e. The molecule has 16 heavy (non-hydrogen) atoms. The van der Waals surface area contributed by atoms with E-state index in [0.29, 0.717) is 18.2 Å². The lowest BCUT2D eigenvalue weighted by molar-refractivity contribution is 0.0944. The lowest BCUT2D eigenvalue weighted by atomic mass is 10.1. The van der Waals surface area contributed by atoms with Gasteiger partial charge in [-0.3, -0.25) is 4.79 Å².